The van der Waals surface area contributed by atoms with E-state index < -0.39 is 0 Å². The third-order valence-electron chi connectivity index (χ3n) is 4.25. The predicted molar refractivity (Wildman–Crippen MR) is 48.8 cm³/mol. The molecule has 0 radical (unpaired) electrons. The summed E-state index contributed by atoms with van der Waals surface area (Å²) in [6.07, 6.45) is 6.17. The van der Waals surface area contributed by atoms with E-state index in [0.717, 1.165) is 6.42 Å². The molecule has 0 saturated heterocycles. The maximum Gasteiger partial charge on any atom is 0.159 e. The first-order chi connectivity index (χ1) is 5.47. The van der Waals surface area contributed by atoms with Crippen LogP contribution in [0.1, 0.15) is 33.6 Å². The van der Waals surface area contributed by atoms with Crippen LogP contribution in [0.5, 0.6) is 0 Å². The number of hydrogen-bond donors (Lipinski definition) is 0. The molecule has 1 nitrogen and oxygen atoms in total. The van der Waals surface area contributed by atoms with Crippen molar-refractivity contribution in [1.29, 1.82) is 0 Å². The number of carbonyl (C=O) groups excluding carboxylic acids is 1. The first-order valence-corrected chi connectivity index (χ1v) is 4.70. The van der Waals surface area contributed by atoms with Crippen molar-refractivity contribution in [3.63, 3.8) is 0 Å². The molecule has 0 aromatic carbocycles. The van der Waals surface area contributed by atoms with E-state index in [2.05, 4.69) is 26.8 Å². The van der Waals surface area contributed by atoms with Gasteiger partial charge in [0, 0.05) is 5.92 Å². The van der Waals surface area contributed by atoms with Gasteiger partial charge in [-0.1, -0.05) is 26.8 Å². The van der Waals surface area contributed by atoms with E-state index in [1.165, 1.54) is 6.42 Å². The molecule has 0 aliphatic heterocycles. The Hall–Kier alpha value is -0.590. The molecule has 0 amide bonds. The monoisotopic (exact) mass is 164 g/mol. The van der Waals surface area contributed by atoms with E-state index in [1.54, 1.807) is 6.08 Å². The summed E-state index contributed by atoms with van der Waals surface area (Å²) in [5.41, 5.74) is 0.449. The summed E-state index contributed by atoms with van der Waals surface area (Å²) in [5.74, 6) is 0.627. The Balaban J connectivity index is 2.52. The molecule has 66 valence electrons. The highest BCUT2D eigenvalue weighted by Crippen LogP contribution is 2.59. The van der Waals surface area contributed by atoms with Crippen LogP contribution in [0, 0.1) is 16.7 Å². The molecule has 0 aromatic heterocycles. The molecule has 12 heavy (non-hydrogen) atoms. The second-order valence-corrected chi connectivity index (χ2v) is 4.97. The number of rotatable bonds is 0. The zero-order valence-electron chi connectivity index (χ0n) is 8.05. The topological polar surface area (TPSA) is 17.1 Å². The normalized spacial score (nSPS) is 43.6. The zero-order valence-corrected chi connectivity index (χ0v) is 8.05. The minimum Gasteiger partial charge on any atom is -0.295 e. The van der Waals surface area contributed by atoms with Gasteiger partial charge in [-0.15, -0.1) is 0 Å². The Morgan fingerprint density at radius 2 is 2.08 bits per heavy atom. The van der Waals surface area contributed by atoms with E-state index in [0.29, 0.717) is 5.78 Å². The third kappa shape index (κ3) is 0.720. The third-order valence-corrected chi connectivity index (χ3v) is 4.25. The van der Waals surface area contributed by atoms with E-state index in [4.69, 9.17) is 0 Å². The summed E-state index contributed by atoms with van der Waals surface area (Å²) >= 11 is 0. The van der Waals surface area contributed by atoms with Gasteiger partial charge < -0.3 is 0 Å². The lowest BCUT2D eigenvalue weighted by Gasteiger charge is -2.41. The average molecular weight is 164 g/mol. The predicted octanol–water partition coefficient (Wildman–Crippen LogP) is 2.57. The van der Waals surface area contributed by atoms with Gasteiger partial charge in [0.15, 0.2) is 5.78 Å². The average Bonchev–Trinajstić information content (AvgIpc) is 2.16. The molecular formula is C11H16O. The van der Waals surface area contributed by atoms with Crippen molar-refractivity contribution in [3.05, 3.63) is 12.2 Å². The summed E-state index contributed by atoms with van der Waals surface area (Å²) in [4.78, 5) is 11.5. The van der Waals surface area contributed by atoms with Crippen molar-refractivity contribution in [1.82, 2.24) is 0 Å². The summed E-state index contributed by atoms with van der Waals surface area (Å²) in [6, 6.07) is 0. The highest BCUT2D eigenvalue weighted by atomic mass is 16.1. The standard InChI is InChI=1S/C11H16O/c1-10(2)8-4-6-11(10,3)7-5-9(8)12/h5,7-8H,4,6H2,1-3H3. The molecule has 2 unspecified atom stereocenters. The van der Waals surface area contributed by atoms with Gasteiger partial charge in [0.05, 0.1) is 0 Å². The van der Waals surface area contributed by atoms with Crippen LogP contribution in [-0.2, 0) is 4.79 Å². The quantitative estimate of drug-likeness (QED) is 0.537. The molecule has 0 N–H and O–H groups in total. The van der Waals surface area contributed by atoms with Crippen molar-refractivity contribution in [2.45, 2.75) is 33.6 Å². The maximum atomic E-state index is 11.5. The van der Waals surface area contributed by atoms with Crippen molar-refractivity contribution in [2.24, 2.45) is 16.7 Å². The van der Waals surface area contributed by atoms with Gasteiger partial charge in [0.2, 0.25) is 0 Å². The van der Waals surface area contributed by atoms with Crippen LogP contribution in [0.2, 0.25) is 0 Å². The lowest BCUT2D eigenvalue weighted by molar-refractivity contribution is -0.122. The van der Waals surface area contributed by atoms with Crippen LogP contribution in [0.25, 0.3) is 0 Å². The van der Waals surface area contributed by atoms with Gasteiger partial charge in [-0.3, -0.25) is 4.79 Å². The molecule has 0 heterocycles. The fourth-order valence-electron chi connectivity index (χ4n) is 2.70. The smallest absolute Gasteiger partial charge is 0.159 e. The molecule has 1 saturated carbocycles. The first-order valence-electron chi connectivity index (χ1n) is 4.70. The molecule has 2 aliphatic carbocycles. The lowest BCUT2D eigenvalue weighted by Crippen LogP contribution is -2.38. The van der Waals surface area contributed by atoms with Gasteiger partial charge >= 0.3 is 0 Å². The minimum atomic E-state index is 0.179. The van der Waals surface area contributed by atoms with Crippen LogP contribution >= 0.6 is 0 Å². The Bertz CT molecular complexity index is 262. The SMILES string of the molecule is CC12C=CC(=O)C(CC1)C2(C)C. The summed E-state index contributed by atoms with van der Waals surface area (Å²) in [7, 11) is 0. The van der Waals surface area contributed by atoms with Gasteiger partial charge in [0.1, 0.15) is 0 Å². The van der Waals surface area contributed by atoms with E-state index in [-0.39, 0.29) is 16.7 Å². The highest BCUT2D eigenvalue weighted by Gasteiger charge is 2.54. The van der Waals surface area contributed by atoms with Crippen LogP contribution in [0.3, 0.4) is 0 Å². The van der Waals surface area contributed by atoms with Gasteiger partial charge in [-0.05, 0) is 29.7 Å². The highest BCUT2D eigenvalue weighted by molar-refractivity contribution is 5.94. The molecule has 0 spiro atoms. The van der Waals surface area contributed by atoms with Crippen LogP contribution < -0.4 is 0 Å². The minimum absolute atomic E-state index is 0.179. The fraction of sp³-hybridized carbons (Fsp3) is 0.727. The van der Waals surface area contributed by atoms with Gasteiger partial charge in [-0.25, -0.2) is 0 Å². The summed E-state index contributed by atoms with van der Waals surface area (Å²) < 4.78 is 0. The van der Waals surface area contributed by atoms with Gasteiger partial charge in [-0.2, -0.15) is 0 Å². The molecular weight excluding hydrogens is 148 g/mol. The lowest BCUT2D eigenvalue weighted by atomic mass is 9.62. The number of ketones is 1. The first kappa shape index (κ1) is 8.03. The van der Waals surface area contributed by atoms with Crippen molar-refractivity contribution < 1.29 is 4.79 Å². The Morgan fingerprint density at radius 1 is 1.42 bits per heavy atom. The van der Waals surface area contributed by atoms with Crippen LogP contribution in [0.15, 0.2) is 12.2 Å². The van der Waals surface area contributed by atoms with Gasteiger partial charge in [0.25, 0.3) is 0 Å². The molecule has 2 aliphatic rings. The fourth-order valence-corrected chi connectivity index (χ4v) is 2.70. The number of hydrogen-bond acceptors (Lipinski definition) is 1. The Kier molecular flexibility index (Phi) is 1.35. The summed E-state index contributed by atoms with van der Waals surface area (Å²) in [5, 5.41) is 0. The molecule has 2 bridgehead atoms. The second-order valence-electron chi connectivity index (χ2n) is 4.97. The van der Waals surface area contributed by atoms with E-state index >= 15 is 0 Å². The summed E-state index contributed by atoms with van der Waals surface area (Å²) in [6.45, 7) is 6.73. The molecule has 1 fully saturated rings. The second kappa shape index (κ2) is 2.01. The molecule has 2 rings (SSSR count). The number of fused-ring (bicyclic) bond motifs is 2. The van der Waals surface area contributed by atoms with Crippen LogP contribution in [-0.4, -0.2) is 5.78 Å². The van der Waals surface area contributed by atoms with Crippen molar-refractivity contribution in [2.75, 3.05) is 0 Å². The number of allylic oxidation sites excluding steroid dienone is 2. The molecule has 0 aromatic rings. The van der Waals surface area contributed by atoms with E-state index in [9.17, 15) is 4.79 Å². The molecule has 1 heteroatoms. The van der Waals surface area contributed by atoms with Crippen molar-refractivity contribution in [3.8, 4) is 0 Å². The largest absolute Gasteiger partial charge is 0.295 e. The Labute approximate surface area is 73.8 Å². The Morgan fingerprint density at radius 3 is 2.67 bits per heavy atom. The van der Waals surface area contributed by atoms with Crippen LogP contribution in [0.4, 0.5) is 0 Å². The molecule has 2 atom stereocenters. The van der Waals surface area contributed by atoms with E-state index in [1.807, 2.05) is 0 Å². The van der Waals surface area contributed by atoms with Crippen molar-refractivity contribution >= 4 is 5.78 Å². The number of carbonyl (C=O) groups is 1. The maximum absolute atomic E-state index is 11.5. The zero-order chi connectivity index (χ0) is 8.98.